The highest BCUT2D eigenvalue weighted by molar-refractivity contribution is 6.13. The third-order valence-corrected chi connectivity index (χ3v) is 14.2. The summed E-state index contributed by atoms with van der Waals surface area (Å²) in [6.07, 6.45) is 12.9. The molecule has 4 aromatic carbocycles. The van der Waals surface area contributed by atoms with Crippen LogP contribution in [-0.4, -0.2) is 127 Å². The van der Waals surface area contributed by atoms with E-state index in [0.29, 0.717) is 89.7 Å². The fourth-order valence-electron chi connectivity index (χ4n) is 9.78. The van der Waals surface area contributed by atoms with Gasteiger partial charge in [-0.05, 0) is 84.4 Å². The highest BCUT2D eigenvalue weighted by atomic mass is 19.1. The van der Waals surface area contributed by atoms with Gasteiger partial charge in [-0.3, -0.25) is 48.4 Å². The van der Waals surface area contributed by atoms with E-state index in [1.54, 1.807) is 104 Å². The predicted molar refractivity (Wildman–Crippen MR) is 293 cm³/mol. The summed E-state index contributed by atoms with van der Waals surface area (Å²) < 4.78 is 37.1. The van der Waals surface area contributed by atoms with Crippen LogP contribution in [0.15, 0.2) is 107 Å². The average molecular weight is 1080 g/mol. The summed E-state index contributed by atoms with van der Waals surface area (Å²) in [5.41, 5.74) is 5.54. The number of methoxy groups -OCH3 is 2. The van der Waals surface area contributed by atoms with E-state index in [-0.39, 0.29) is 79.5 Å². The van der Waals surface area contributed by atoms with Gasteiger partial charge in [0.1, 0.15) is 17.9 Å². The molecule has 9 rings (SSSR count). The fourth-order valence-corrected chi connectivity index (χ4v) is 9.78. The summed E-state index contributed by atoms with van der Waals surface area (Å²) in [6.45, 7) is 5.89. The largest absolute Gasteiger partial charge is 0.493 e. The highest BCUT2D eigenvalue weighted by Crippen LogP contribution is 2.42. The van der Waals surface area contributed by atoms with E-state index in [1.807, 2.05) is 12.1 Å². The number of rotatable bonds is 22. The van der Waals surface area contributed by atoms with Gasteiger partial charge in [-0.25, -0.2) is 4.39 Å². The first-order valence-electron chi connectivity index (χ1n) is 26.2. The second kappa shape index (κ2) is 24.2. The van der Waals surface area contributed by atoms with Crippen molar-refractivity contribution in [3.05, 3.63) is 125 Å². The van der Waals surface area contributed by atoms with E-state index < -0.39 is 23.9 Å². The predicted octanol–water partition coefficient (Wildman–Crippen LogP) is 7.70. The molecule has 0 aromatic heterocycles. The van der Waals surface area contributed by atoms with Crippen LogP contribution in [0.3, 0.4) is 0 Å². The molecule has 5 aliphatic rings. The highest BCUT2D eigenvalue weighted by Gasteiger charge is 2.36. The molecule has 79 heavy (non-hydrogen) atoms. The summed E-state index contributed by atoms with van der Waals surface area (Å²) in [4.78, 5) is 104. The molecule has 0 aliphatic carbocycles. The van der Waals surface area contributed by atoms with Gasteiger partial charge in [0.25, 0.3) is 23.6 Å². The van der Waals surface area contributed by atoms with Crippen LogP contribution in [0.4, 0.5) is 21.5 Å². The lowest BCUT2D eigenvalue weighted by atomic mass is 10.0. The lowest BCUT2D eigenvalue weighted by Gasteiger charge is -2.24. The number of aliphatic imine (C=N–C) groups is 2. The van der Waals surface area contributed by atoms with E-state index >= 15 is 0 Å². The molecule has 410 valence electrons. The number of hydrogen-bond donors (Lipinski definition) is 3. The topological polar surface area (TPSA) is 227 Å². The van der Waals surface area contributed by atoms with Crippen molar-refractivity contribution in [1.82, 2.24) is 25.3 Å². The quantitative estimate of drug-likeness (QED) is 0.0510. The molecule has 5 heterocycles. The van der Waals surface area contributed by atoms with Gasteiger partial charge in [-0.15, -0.1) is 0 Å². The number of carbonyl (C=O) groups is 7. The molecule has 0 saturated carbocycles. The summed E-state index contributed by atoms with van der Waals surface area (Å²) in [5, 5.41) is 8.32. The summed E-state index contributed by atoms with van der Waals surface area (Å²) in [5.74, 6) is -1.51. The van der Waals surface area contributed by atoms with E-state index in [1.165, 1.54) is 38.5 Å². The van der Waals surface area contributed by atoms with Gasteiger partial charge in [0, 0.05) is 87.0 Å². The lowest BCUT2D eigenvalue weighted by molar-refractivity contribution is -0.137. The number of amides is 7. The smallest absolute Gasteiger partial charge is 0.260 e. The van der Waals surface area contributed by atoms with Crippen LogP contribution in [0.2, 0.25) is 0 Å². The Hall–Kier alpha value is -8.94. The van der Waals surface area contributed by atoms with Crippen molar-refractivity contribution in [1.29, 1.82) is 0 Å². The molecule has 0 spiro atoms. The van der Waals surface area contributed by atoms with Crippen LogP contribution in [0, 0.1) is 11.7 Å². The van der Waals surface area contributed by atoms with Crippen LogP contribution >= 0.6 is 0 Å². The van der Waals surface area contributed by atoms with Crippen LogP contribution in [0.25, 0.3) is 11.1 Å². The molecule has 5 aliphatic heterocycles. The van der Waals surface area contributed by atoms with Gasteiger partial charge in [-0.1, -0.05) is 44.5 Å². The van der Waals surface area contributed by atoms with Crippen LogP contribution in [0.5, 0.6) is 23.0 Å². The molecule has 0 unspecified atom stereocenters. The van der Waals surface area contributed by atoms with Crippen LogP contribution in [0.1, 0.15) is 97.6 Å². The van der Waals surface area contributed by atoms with Crippen molar-refractivity contribution in [2.24, 2.45) is 15.9 Å². The Labute approximate surface area is 456 Å². The first kappa shape index (κ1) is 54.8. The SMILES string of the molecule is COc1cc2c(cc1OCCCOc1cc3c(cc1OC)C(=O)N1C=C(c4ccc(NC(=O)[C@H](C)NC(=O)[C@@H](NC(=O)CCCCCN5C(=O)C=CC5=O)C(C)C)cc4)C[C@H]1C=N3)N=C[C@@H]1CC(c3ccc(F)cc3)=CN1C2=O. The third kappa shape index (κ3) is 12.4. The molecule has 19 nitrogen and oxygen atoms in total. The van der Waals surface area contributed by atoms with Gasteiger partial charge >= 0.3 is 0 Å². The molecule has 7 amide bonds. The zero-order valence-electron chi connectivity index (χ0n) is 44.5. The molecule has 20 heteroatoms. The Morgan fingerprint density at radius 1 is 0.646 bits per heavy atom. The number of imide groups is 1. The number of nitrogens with zero attached hydrogens (tertiary/aromatic N) is 5. The van der Waals surface area contributed by atoms with Crippen molar-refractivity contribution in [2.75, 3.05) is 39.3 Å². The van der Waals surface area contributed by atoms with Crippen molar-refractivity contribution < 1.29 is 56.9 Å². The zero-order chi connectivity index (χ0) is 55.9. The number of unbranched alkanes of at least 4 members (excludes halogenated alkanes) is 2. The summed E-state index contributed by atoms with van der Waals surface area (Å²) >= 11 is 0. The maximum atomic E-state index is 14.1. The number of halogens is 1. The van der Waals surface area contributed by atoms with Gasteiger partial charge < -0.3 is 44.7 Å². The number of nitrogens with one attached hydrogen (secondary N) is 3. The Morgan fingerprint density at radius 2 is 1.16 bits per heavy atom. The molecular formula is C59H61FN8O11. The first-order chi connectivity index (χ1) is 38.1. The second-order valence-corrected chi connectivity index (χ2v) is 20.0. The standard InChI is InChI=1S/C59H61FN8O11/c1-34(2)55(65-52(69)10-7-6-8-21-66-53(70)19-20-54(66)71)57(73)63-35(3)56(72)64-41-17-13-37(14-18-41)39-25-43-31-62-47-29-51(49(77-5)27-45(47)59(75)68(43)33-39)79-23-9-22-78-50-28-46-44(26-48(50)76-4)58(74)67-32-38(24-42(67)30-61-46)36-11-15-40(60)16-12-36/h11-20,26-35,42-43,55H,6-10,21-25H2,1-5H3,(H,63,73)(H,64,72)(H,65,69)/t35-,42-,43-,55-/m0/s1. The minimum atomic E-state index is -0.929. The van der Waals surface area contributed by atoms with Crippen LogP contribution < -0.4 is 34.9 Å². The molecule has 3 N–H and O–H groups in total. The molecular weight excluding hydrogens is 1020 g/mol. The Morgan fingerprint density at radius 3 is 1.67 bits per heavy atom. The summed E-state index contributed by atoms with van der Waals surface area (Å²) in [7, 11) is 2.99. The molecule has 0 radical (unpaired) electrons. The second-order valence-electron chi connectivity index (χ2n) is 20.0. The number of anilines is 1. The van der Waals surface area contributed by atoms with E-state index in [9.17, 15) is 38.0 Å². The van der Waals surface area contributed by atoms with Crippen molar-refractivity contribution in [2.45, 2.75) is 89.9 Å². The van der Waals surface area contributed by atoms with Gasteiger partial charge in [0.15, 0.2) is 23.0 Å². The van der Waals surface area contributed by atoms with Crippen molar-refractivity contribution >= 4 is 82.0 Å². The van der Waals surface area contributed by atoms with Gasteiger partial charge in [0.05, 0.1) is 62.0 Å². The third-order valence-electron chi connectivity index (χ3n) is 14.2. The van der Waals surface area contributed by atoms with Crippen molar-refractivity contribution in [3.8, 4) is 23.0 Å². The fraction of sp³-hybridized carbons (Fsp3) is 0.339. The lowest BCUT2D eigenvalue weighted by Crippen LogP contribution is -2.53. The van der Waals surface area contributed by atoms with Crippen molar-refractivity contribution in [3.63, 3.8) is 0 Å². The Balaban J connectivity index is 0.740. The number of hydrogen-bond acceptors (Lipinski definition) is 13. The monoisotopic (exact) mass is 1080 g/mol. The van der Waals surface area contributed by atoms with Crippen LogP contribution in [-0.2, 0) is 24.0 Å². The first-order valence-corrected chi connectivity index (χ1v) is 26.2. The maximum Gasteiger partial charge on any atom is 0.260 e. The molecule has 4 aromatic rings. The maximum absolute atomic E-state index is 14.1. The molecule has 0 fully saturated rings. The number of ether oxygens (including phenoxy) is 4. The van der Waals surface area contributed by atoms with Gasteiger partial charge in [-0.2, -0.15) is 0 Å². The van der Waals surface area contributed by atoms with E-state index in [2.05, 4.69) is 20.9 Å². The normalized spacial score (nSPS) is 17.7. The zero-order valence-corrected chi connectivity index (χ0v) is 44.5. The number of fused-ring (bicyclic) bond motifs is 4. The summed E-state index contributed by atoms with van der Waals surface area (Å²) in [6, 6.07) is 17.5. The van der Waals surface area contributed by atoms with E-state index in [0.717, 1.165) is 27.2 Å². The minimum absolute atomic E-state index is 0.160. The average Bonchev–Trinajstić information content (AvgIpc) is 4.34. The Kier molecular flexibility index (Phi) is 16.8. The minimum Gasteiger partial charge on any atom is -0.493 e. The van der Waals surface area contributed by atoms with Gasteiger partial charge in [0.2, 0.25) is 17.7 Å². The molecule has 4 atom stereocenters. The number of carbonyl (C=O) groups excluding carboxylic acids is 7. The molecule has 0 bridgehead atoms. The number of benzene rings is 4. The van der Waals surface area contributed by atoms with E-state index in [4.69, 9.17) is 23.9 Å². The Bertz CT molecular complexity index is 3210. The molecule has 0 saturated heterocycles.